The van der Waals surface area contributed by atoms with Gasteiger partial charge in [-0.05, 0) is 48.1 Å². The first kappa shape index (κ1) is 26.8. The Morgan fingerprint density at radius 2 is 1.64 bits per heavy atom. The lowest BCUT2D eigenvalue weighted by atomic mass is 9.94. The molecule has 0 radical (unpaired) electrons. The molecule has 1 amide bonds. The molecular formula is C28H28F3NO4. The van der Waals surface area contributed by atoms with Crippen LogP contribution >= 0.6 is 0 Å². The van der Waals surface area contributed by atoms with E-state index in [2.05, 4.69) is 5.32 Å². The molecule has 3 rings (SSSR count). The molecule has 5 nitrogen and oxygen atoms in total. The molecule has 8 heteroatoms. The minimum atomic E-state index is -1.09. The van der Waals surface area contributed by atoms with Crippen molar-refractivity contribution in [3.63, 3.8) is 0 Å². The molecule has 0 saturated heterocycles. The number of carbonyl (C=O) groups is 2. The number of aryl methyl sites for hydroxylation is 1. The Kier molecular flexibility index (Phi) is 9.11. The summed E-state index contributed by atoms with van der Waals surface area (Å²) in [5.74, 6) is -4.28. The van der Waals surface area contributed by atoms with Crippen molar-refractivity contribution >= 4 is 11.9 Å². The molecule has 1 atom stereocenters. The van der Waals surface area contributed by atoms with Gasteiger partial charge < -0.3 is 15.2 Å². The van der Waals surface area contributed by atoms with Gasteiger partial charge in [-0.2, -0.15) is 0 Å². The van der Waals surface area contributed by atoms with E-state index >= 15 is 0 Å². The average molecular weight is 500 g/mol. The monoisotopic (exact) mass is 499 g/mol. The minimum absolute atomic E-state index is 0.0451. The zero-order valence-corrected chi connectivity index (χ0v) is 20.1. The summed E-state index contributed by atoms with van der Waals surface area (Å²) in [5.41, 5.74) is 0.889. The Labute approximate surface area is 207 Å². The number of nitrogens with one attached hydrogen (secondary N) is 1. The van der Waals surface area contributed by atoms with Gasteiger partial charge in [0.05, 0.1) is 6.04 Å². The Morgan fingerprint density at radius 1 is 0.972 bits per heavy atom. The maximum Gasteiger partial charge on any atom is 0.303 e. The number of benzene rings is 3. The molecule has 0 saturated carbocycles. The van der Waals surface area contributed by atoms with Gasteiger partial charge in [0.2, 0.25) is 0 Å². The molecule has 3 aromatic rings. The van der Waals surface area contributed by atoms with Gasteiger partial charge in [-0.15, -0.1) is 0 Å². The lowest BCUT2D eigenvalue weighted by Crippen LogP contribution is -2.31. The molecule has 0 fully saturated rings. The highest BCUT2D eigenvalue weighted by Crippen LogP contribution is 2.28. The minimum Gasteiger partial charge on any atom is -0.489 e. The van der Waals surface area contributed by atoms with Crippen molar-refractivity contribution in [2.75, 3.05) is 0 Å². The van der Waals surface area contributed by atoms with E-state index in [-0.39, 0.29) is 37.4 Å². The van der Waals surface area contributed by atoms with E-state index in [1.54, 1.807) is 30.3 Å². The first-order valence-electron chi connectivity index (χ1n) is 11.6. The molecule has 0 aliphatic rings. The van der Waals surface area contributed by atoms with Gasteiger partial charge >= 0.3 is 5.97 Å². The lowest BCUT2D eigenvalue weighted by Gasteiger charge is -2.23. The van der Waals surface area contributed by atoms with Crippen molar-refractivity contribution in [3.05, 3.63) is 100 Å². The SMILES string of the molecule is CC(C)CC(NC(=O)c1cc(COc2ccccc2)ccc1CCC(=O)O)c1c(F)cc(F)cc1F. The maximum absolute atomic E-state index is 14.6. The van der Waals surface area contributed by atoms with Crippen LogP contribution in [0.2, 0.25) is 0 Å². The molecule has 1 unspecified atom stereocenters. The number of aliphatic carboxylic acids is 1. The number of carbonyl (C=O) groups excluding carboxylic acids is 1. The second-order valence-electron chi connectivity index (χ2n) is 8.93. The summed E-state index contributed by atoms with van der Waals surface area (Å²) in [5, 5.41) is 11.8. The van der Waals surface area contributed by atoms with Gasteiger partial charge in [0.15, 0.2) is 0 Å². The number of amides is 1. The van der Waals surface area contributed by atoms with Gasteiger partial charge in [-0.3, -0.25) is 9.59 Å². The maximum atomic E-state index is 14.6. The van der Waals surface area contributed by atoms with Crippen molar-refractivity contribution in [2.24, 2.45) is 5.92 Å². The van der Waals surface area contributed by atoms with Gasteiger partial charge in [0, 0.05) is 29.7 Å². The van der Waals surface area contributed by atoms with Crippen molar-refractivity contribution in [2.45, 2.75) is 45.8 Å². The van der Waals surface area contributed by atoms with Crippen LogP contribution in [0.1, 0.15) is 59.8 Å². The Morgan fingerprint density at radius 3 is 2.25 bits per heavy atom. The van der Waals surface area contributed by atoms with Gasteiger partial charge in [-0.25, -0.2) is 13.2 Å². The Balaban J connectivity index is 1.92. The predicted molar refractivity (Wildman–Crippen MR) is 129 cm³/mol. The smallest absolute Gasteiger partial charge is 0.303 e. The highest BCUT2D eigenvalue weighted by Gasteiger charge is 2.26. The van der Waals surface area contributed by atoms with Crippen LogP contribution in [0, 0.1) is 23.4 Å². The van der Waals surface area contributed by atoms with Crippen molar-refractivity contribution in [1.29, 1.82) is 0 Å². The standard InChI is InChI=1S/C28H28F3NO4/c1-17(2)12-25(27-23(30)14-20(29)15-24(27)31)32-28(35)22-13-18(8-9-19(22)10-11-26(33)34)16-36-21-6-4-3-5-7-21/h3-9,13-15,17,25H,10-12,16H2,1-2H3,(H,32,35)(H,33,34). The van der Waals surface area contributed by atoms with Crippen LogP contribution in [-0.2, 0) is 17.8 Å². The summed E-state index contributed by atoms with van der Waals surface area (Å²) in [6.45, 7) is 3.82. The van der Waals surface area contributed by atoms with Crippen LogP contribution in [0.3, 0.4) is 0 Å². The molecule has 0 aromatic heterocycles. The highest BCUT2D eigenvalue weighted by atomic mass is 19.1. The van der Waals surface area contributed by atoms with E-state index < -0.39 is 40.9 Å². The molecule has 190 valence electrons. The number of rotatable bonds is 11. The quantitative estimate of drug-likeness (QED) is 0.329. The third kappa shape index (κ3) is 7.34. The molecule has 0 spiro atoms. The van der Waals surface area contributed by atoms with E-state index in [4.69, 9.17) is 9.84 Å². The third-order valence-corrected chi connectivity index (χ3v) is 5.58. The number of carboxylic acids is 1. The molecule has 0 heterocycles. The van der Waals surface area contributed by atoms with E-state index in [0.29, 0.717) is 29.0 Å². The van der Waals surface area contributed by atoms with Crippen LogP contribution in [-0.4, -0.2) is 17.0 Å². The number of hydrogen-bond donors (Lipinski definition) is 2. The Hall–Kier alpha value is -3.81. The van der Waals surface area contributed by atoms with Crippen LogP contribution in [0.5, 0.6) is 5.75 Å². The highest BCUT2D eigenvalue weighted by molar-refractivity contribution is 5.96. The van der Waals surface area contributed by atoms with Crippen LogP contribution in [0.15, 0.2) is 60.7 Å². The normalized spacial score (nSPS) is 11.8. The molecule has 0 aliphatic heterocycles. The second-order valence-corrected chi connectivity index (χ2v) is 8.93. The average Bonchev–Trinajstić information content (AvgIpc) is 2.81. The summed E-state index contributed by atoms with van der Waals surface area (Å²) in [7, 11) is 0. The number of ether oxygens (including phenoxy) is 1. The van der Waals surface area contributed by atoms with Crippen LogP contribution in [0.25, 0.3) is 0 Å². The van der Waals surface area contributed by atoms with Gasteiger partial charge in [-0.1, -0.05) is 44.2 Å². The zero-order chi connectivity index (χ0) is 26.2. The summed E-state index contributed by atoms with van der Waals surface area (Å²) in [6, 6.07) is 14.2. The fraction of sp³-hybridized carbons (Fsp3) is 0.286. The Bertz CT molecular complexity index is 1190. The molecule has 3 aromatic carbocycles. The first-order chi connectivity index (χ1) is 17.1. The van der Waals surface area contributed by atoms with Crippen molar-refractivity contribution < 1.29 is 32.6 Å². The van der Waals surface area contributed by atoms with Crippen molar-refractivity contribution in [1.82, 2.24) is 5.32 Å². The topological polar surface area (TPSA) is 75.6 Å². The largest absolute Gasteiger partial charge is 0.489 e. The van der Waals surface area contributed by atoms with Gasteiger partial charge in [0.25, 0.3) is 5.91 Å². The number of para-hydroxylation sites is 1. The lowest BCUT2D eigenvalue weighted by molar-refractivity contribution is -0.136. The van der Waals surface area contributed by atoms with Crippen molar-refractivity contribution in [3.8, 4) is 5.75 Å². The third-order valence-electron chi connectivity index (χ3n) is 5.58. The second kappa shape index (κ2) is 12.2. The fourth-order valence-electron chi connectivity index (χ4n) is 3.91. The van der Waals surface area contributed by atoms with Crippen LogP contribution in [0.4, 0.5) is 13.2 Å². The predicted octanol–water partition coefficient (Wildman–Crippen LogP) is 6.22. The molecular weight excluding hydrogens is 471 g/mol. The summed E-state index contributed by atoms with van der Waals surface area (Å²) in [4.78, 5) is 24.5. The molecule has 0 aliphatic carbocycles. The van der Waals surface area contributed by atoms with Crippen LogP contribution < -0.4 is 10.1 Å². The number of halogens is 3. The molecule has 0 bridgehead atoms. The van der Waals surface area contributed by atoms with E-state index in [0.717, 1.165) is 0 Å². The summed E-state index contributed by atoms with van der Waals surface area (Å²) < 4.78 is 48.4. The number of carboxylic acid groups (broad SMARTS) is 1. The van der Waals surface area contributed by atoms with E-state index in [9.17, 15) is 22.8 Å². The summed E-state index contributed by atoms with van der Waals surface area (Å²) in [6.07, 6.45) is 0.0926. The van der Waals surface area contributed by atoms with Gasteiger partial charge in [0.1, 0.15) is 29.8 Å². The van der Waals surface area contributed by atoms with E-state index in [1.165, 1.54) is 0 Å². The molecule has 2 N–H and O–H groups in total. The van der Waals surface area contributed by atoms with E-state index in [1.807, 2.05) is 32.0 Å². The first-order valence-corrected chi connectivity index (χ1v) is 11.6. The fourth-order valence-corrected chi connectivity index (χ4v) is 3.91. The number of hydrogen-bond acceptors (Lipinski definition) is 3. The zero-order valence-electron chi connectivity index (χ0n) is 20.1. The summed E-state index contributed by atoms with van der Waals surface area (Å²) >= 11 is 0. The molecule has 36 heavy (non-hydrogen) atoms.